The normalized spacial score (nSPS) is 14.6. The highest BCUT2D eigenvalue weighted by Crippen LogP contribution is 2.30. The molecule has 32 heavy (non-hydrogen) atoms. The monoisotopic (exact) mass is 445 g/mol. The Kier molecular flexibility index (Phi) is 6.04. The van der Waals surface area contributed by atoms with Gasteiger partial charge in [-0.05, 0) is 66.4 Å². The van der Waals surface area contributed by atoms with Gasteiger partial charge < -0.3 is 4.74 Å². The number of benzene rings is 3. The van der Waals surface area contributed by atoms with Crippen LogP contribution >= 0.6 is 11.8 Å². The maximum Gasteiger partial charge on any atom is 0.281 e. The summed E-state index contributed by atoms with van der Waals surface area (Å²) in [5.41, 5.74) is 2.99. The van der Waals surface area contributed by atoms with Crippen LogP contribution in [0, 0.1) is 10.1 Å². The van der Waals surface area contributed by atoms with Gasteiger partial charge in [0.1, 0.15) is 11.5 Å². The highest BCUT2D eigenvalue weighted by Gasteiger charge is 2.32. The molecule has 4 rings (SSSR count). The fourth-order valence-corrected chi connectivity index (χ4v) is 3.67. The van der Waals surface area contributed by atoms with Crippen molar-refractivity contribution in [3.8, 4) is 5.75 Å². The van der Waals surface area contributed by atoms with Crippen molar-refractivity contribution in [2.24, 2.45) is 5.10 Å². The number of carbonyl (C=O) groups excluding carboxylic acids is 1. The molecule has 3 aromatic carbocycles. The average Bonchev–Trinajstić information content (AvgIpc) is 3.15. The van der Waals surface area contributed by atoms with E-state index in [1.807, 2.05) is 54.8 Å². The Morgan fingerprint density at radius 3 is 2.22 bits per heavy atom. The number of amides is 1. The van der Waals surface area contributed by atoms with Gasteiger partial charge in [0.05, 0.1) is 23.3 Å². The fraction of sp³-hybridized carbons (Fsp3) is 0.0833. The van der Waals surface area contributed by atoms with E-state index in [4.69, 9.17) is 4.74 Å². The summed E-state index contributed by atoms with van der Waals surface area (Å²) < 4.78 is 5.23. The van der Waals surface area contributed by atoms with Crippen molar-refractivity contribution in [1.82, 2.24) is 0 Å². The molecule has 0 spiro atoms. The maximum absolute atomic E-state index is 13.3. The number of thioether (sulfide) groups is 1. The number of hydrogen-bond acceptors (Lipinski definition) is 6. The predicted octanol–water partition coefficient (Wildman–Crippen LogP) is 5.16. The Bertz CT molecular complexity index is 1220. The van der Waals surface area contributed by atoms with Gasteiger partial charge in [-0.3, -0.25) is 14.9 Å². The van der Waals surface area contributed by atoms with Crippen molar-refractivity contribution in [2.45, 2.75) is 4.90 Å². The van der Waals surface area contributed by atoms with E-state index in [0.29, 0.717) is 22.7 Å². The van der Waals surface area contributed by atoms with E-state index < -0.39 is 4.92 Å². The molecule has 0 aromatic heterocycles. The molecular weight excluding hydrogens is 426 g/mol. The summed E-state index contributed by atoms with van der Waals surface area (Å²) in [6.07, 6.45) is 3.81. The molecule has 1 aliphatic heterocycles. The standard InChI is InChI=1S/C24H19N3O4S/c1-31-20-11-5-17(6-12-20)23-22(15-16-3-13-21(32-2)14-4-16)24(28)26(25-23)18-7-9-19(10-8-18)27(29)30/h3-15H,1-2H3. The Balaban J connectivity index is 1.77. The second-order valence-electron chi connectivity index (χ2n) is 6.90. The lowest BCUT2D eigenvalue weighted by Gasteiger charge is -2.11. The molecule has 0 saturated heterocycles. The predicted molar refractivity (Wildman–Crippen MR) is 126 cm³/mol. The Hall–Kier alpha value is -3.91. The molecule has 1 heterocycles. The molecule has 7 nitrogen and oxygen atoms in total. The summed E-state index contributed by atoms with van der Waals surface area (Å²) in [4.78, 5) is 24.9. The first-order chi connectivity index (χ1) is 15.5. The number of ether oxygens (including phenoxy) is 1. The molecule has 0 aliphatic carbocycles. The molecular formula is C24H19N3O4S. The molecule has 0 atom stereocenters. The van der Waals surface area contributed by atoms with E-state index in [2.05, 4.69) is 5.10 Å². The van der Waals surface area contributed by atoms with Gasteiger partial charge in [-0.2, -0.15) is 10.1 Å². The van der Waals surface area contributed by atoms with Crippen LogP contribution < -0.4 is 9.75 Å². The summed E-state index contributed by atoms with van der Waals surface area (Å²) in [5.74, 6) is 0.391. The Morgan fingerprint density at radius 1 is 1.00 bits per heavy atom. The van der Waals surface area contributed by atoms with E-state index in [9.17, 15) is 14.9 Å². The second kappa shape index (κ2) is 9.07. The van der Waals surface area contributed by atoms with Gasteiger partial charge in [0.15, 0.2) is 0 Å². The van der Waals surface area contributed by atoms with E-state index in [1.165, 1.54) is 29.3 Å². The molecule has 0 N–H and O–H groups in total. The molecule has 0 saturated carbocycles. The molecule has 0 fully saturated rings. The highest BCUT2D eigenvalue weighted by molar-refractivity contribution is 7.98. The third-order valence-electron chi connectivity index (χ3n) is 4.97. The number of nitro benzene ring substituents is 1. The summed E-state index contributed by atoms with van der Waals surface area (Å²) in [5, 5.41) is 16.8. The van der Waals surface area contributed by atoms with Crippen molar-refractivity contribution in [3.05, 3.63) is 99.6 Å². The topological polar surface area (TPSA) is 85.0 Å². The van der Waals surface area contributed by atoms with E-state index in [-0.39, 0.29) is 11.6 Å². The lowest BCUT2D eigenvalue weighted by atomic mass is 10.00. The quantitative estimate of drug-likeness (QED) is 0.226. The van der Waals surface area contributed by atoms with Crippen LogP contribution in [0.4, 0.5) is 11.4 Å². The molecule has 8 heteroatoms. The Labute approximate surface area is 189 Å². The number of nitro groups is 1. The van der Waals surface area contributed by atoms with E-state index >= 15 is 0 Å². The van der Waals surface area contributed by atoms with Crippen molar-refractivity contribution in [3.63, 3.8) is 0 Å². The number of anilines is 1. The number of methoxy groups -OCH3 is 1. The van der Waals surface area contributed by atoms with E-state index in [0.717, 1.165) is 16.0 Å². The minimum Gasteiger partial charge on any atom is -0.497 e. The minimum atomic E-state index is -0.481. The molecule has 1 amide bonds. The average molecular weight is 446 g/mol. The van der Waals surface area contributed by atoms with Gasteiger partial charge in [-0.15, -0.1) is 11.8 Å². The maximum atomic E-state index is 13.3. The second-order valence-corrected chi connectivity index (χ2v) is 7.78. The van der Waals surface area contributed by atoms with Crippen LogP contribution in [0.25, 0.3) is 6.08 Å². The largest absolute Gasteiger partial charge is 0.497 e. The minimum absolute atomic E-state index is 0.0515. The van der Waals surface area contributed by atoms with Crippen LogP contribution in [-0.4, -0.2) is 29.9 Å². The number of hydrazone groups is 1. The first-order valence-corrected chi connectivity index (χ1v) is 10.9. The fourth-order valence-electron chi connectivity index (χ4n) is 3.26. The number of rotatable bonds is 6. The van der Waals surface area contributed by atoms with Crippen LogP contribution in [0.5, 0.6) is 5.75 Å². The number of non-ortho nitro benzene ring substituents is 1. The highest BCUT2D eigenvalue weighted by atomic mass is 32.2. The Morgan fingerprint density at radius 2 is 1.66 bits per heavy atom. The third-order valence-corrected chi connectivity index (χ3v) is 5.72. The van der Waals surface area contributed by atoms with Crippen molar-refractivity contribution < 1.29 is 14.5 Å². The van der Waals surface area contributed by atoms with Crippen molar-refractivity contribution >= 4 is 40.8 Å². The van der Waals surface area contributed by atoms with Gasteiger partial charge in [0.25, 0.3) is 11.6 Å². The van der Waals surface area contributed by atoms with E-state index in [1.54, 1.807) is 24.9 Å². The van der Waals surface area contributed by atoms with Crippen molar-refractivity contribution in [2.75, 3.05) is 18.4 Å². The van der Waals surface area contributed by atoms with Gasteiger partial charge >= 0.3 is 0 Å². The van der Waals surface area contributed by atoms with Gasteiger partial charge in [-0.25, -0.2) is 0 Å². The molecule has 0 unspecified atom stereocenters. The van der Waals surface area contributed by atoms with Gasteiger partial charge in [-0.1, -0.05) is 12.1 Å². The summed E-state index contributed by atoms with van der Waals surface area (Å²) in [7, 11) is 1.59. The lowest BCUT2D eigenvalue weighted by molar-refractivity contribution is -0.384. The molecule has 1 aliphatic rings. The first-order valence-electron chi connectivity index (χ1n) is 9.68. The molecule has 0 bridgehead atoms. The van der Waals surface area contributed by atoms with Crippen LogP contribution in [0.2, 0.25) is 0 Å². The lowest BCUT2D eigenvalue weighted by Crippen LogP contribution is -2.21. The smallest absolute Gasteiger partial charge is 0.281 e. The zero-order chi connectivity index (χ0) is 22.7. The third kappa shape index (κ3) is 4.26. The first kappa shape index (κ1) is 21.3. The molecule has 160 valence electrons. The van der Waals surface area contributed by atoms with Gasteiger partial charge in [0.2, 0.25) is 0 Å². The number of carbonyl (C=O) groups is 1. The zero-order valence-electron chi connectivity index (χ0n) is 17.4. The number of hydrogen-bond donors (Lipinski definition) is 0. The molecule has 0 radical (unpaired) electrons. The summed E-state index contributed by atoms with van der Waals surface area (Å²) in [6.45, 7) is 0. The van der Waals surface area contributed by atoms with Gasteiger partial charge in [0, 0.05) is 22.6 Å². The molecule has 3 aromatic rings. The van der Waals surface area contributed by atoms with Crippen molar-refractivity contribution in [1.29, 1.82) is 0 Å². The van der Waals surface area contributed by atoms with Crippen LogP contribution in [0.15, 0.2) is 88.4 Å². The zero-order valence-corrected chi connectivity index (χ0v) is 18.2. The van der Waals surface area contributed by atoms with Crippen LogP contribution in [0.3, 0.4) is 0 Å². The summed E-state index contributed by atoms with van der Waals surface area (Å²) >= 11 is 1.64. The number of nitrogens with zero attached hydrogens (tertiary/aromatic N) is 3. The van der Waals surface area contributed by atoms with Crippen LogP contribution in [-0.2, 0) is 4.79 Å². The summed E-state index contributed by atoms with van der Waals surface area (Å²) in [6, 6.07) is 20.9. The van der Waals surface area contributed by atoms with Crippen LogP contribution in [0.1, 0.15) is 11.1 Å². The SMILES string of the molecule is COc1ccc(C2=NN(c3ccc([N+](=O)[O-])cc3)C(=O)C2=Cc2ccc(SC)cc2)cc1.